The summed E-state index contributed by atoms with van der Waals surface area (Å²) in [6, 6.07) is 8.19. The van der Waals surface area contributed by atoms with Gasteiger partial charge >= 0.3 is 13.1 Å². The summed E-state index contributed by atoms with van der Waals surface area (Å²) < 4.78 is 16.9. The summed E-state index contributed by atoms with van der Waals surface area (Å²) in [5, 5.41) is 0. The molecule has 6 nitrogen and oxygen atoms in total. The van der Waals surface area contributed by atoms with Gasteiger partial charge in [0, 0.05) is 25.9 Å². The number of hydrogen-bond donors (Lipinski definition) is 0. The summed E-state index contributed by atoms with van der Waals surface area (Å²) in [7, 11) is -0.364. The zero-order valence-electron chi connectivity index (χ0n) is 16.1. The maximum atomic E-state index is 11.9. The molecule has 0 unspecified atom stereocenters. The Bertz CT molecular complexity index is 678. The molecule has 0 spiro atoms. The maximum absolute atomic E-state index is 11.9. The van der Waals surface area contributed by atoms with Crippen molar-refractivity contribution in [3.05, 3.63) is 29.8 Å². The number of carbonyl (C=O) groups is 2. The van der Waals surface area contributed by atoms with Gasteiger partial charge in [-0.15, -0.1) is 0 Å². The van der Waals surface area contributed by atoms with E-state index in [1.807, 2.05) is 39.8 Å². The number of rotatable bonds is 4. The van der Waals surface area contributed by atoms with Gasteiger partial charge in [-0.1, -0.05) is 24.3 Å². The summed E-state index contributed by atoms with van der Waals surface area (Å²) >= 11 is 0. The number of benzene rings is 1. The molecular formula is C19H26BNO5. The van der Waals surface area contributed by atoms with Crippen LogP contribution in [-0.4, -0.2) is 54.8 Å². The lowest BCUT2D eigenvalue weighted by atomic mass is 9.78. The molecule has 2 aliphatic rings. The molecule has 0 N–H and O–H groups in total. The highest BCUT2D eigenvalue weighted by Gasteiger charge is 2.51. The van der Waals surface area contributed by atoms with Gasteiger partial charge in [0.25, 0.3) is 5.91 Å². The molecule has 2 aliphatic heterocycles. The Morgan fingerprint density at radius 2 is 1.65 bits per heavy atom. The summed E-state index contributed by atoms with van der Waals surface area (Å²) in [4.78, 5) is 24.3. The van der Waals surface area contributed by atoms with Crippen molar-refractivity contribution in [1.29, 1.82) is 0 Å². The van der Waals surface area contributed by atoms with Gasteiger partial charge < -0.3 is 18.9 Å². The van der Waals surface area contributed by atoms with Crippen molar-refractivity contribution in [2.75, 3.05) is 19.7 Å². The lowest BCUT2D eigenvalue weighted by Gasteiger charge is -2.39. The van der Waals surface area contributed by atoms with Gasteiger partial charge in [0.1, 0.15) is 0 Å². The maximum Gasteiger partial charge on any atom is 0.494 e. The summed E-state index contributed by atoms with van der Waals surface area (Å²) in [6.45, 7) is 10.6. The van der Waals surface area contributed by atoms with Crippen LogP contribution < -0.4 is 5.46 Å². The minimum Gasteiger partial charge on any atom is -0.456 e. The molecule has 0 radical (unpaired) electrons. The van der Waals surface area contributed by atoms with Gasteiger partial charge in [0.2, 0.25) is 0 Å². The first-order chi connectivity index (χ1) is 12.1. The number of hydrogen-bond acceptors (Lipinski definition) is 5. The first kappa shape index (κ1) is 18.9. The van der Waals surface area contributed by atoms with Gasteiger partial charge in [-0.3, -0.25) is 9.59 Å². The van der Waals surface area contributed by atoms with Crippen molar-refractivity contribution in [1.82, 2.24) is 4.90 Å². The second-order valence-corrected chi connectivity index (χ2v) is 8.03. The van der Waals surface area contributed by atoms with Gasteiger partial charge in [-0.25, -0.2) is 0 Å². The van der Waals surface area contributed by atoms with Gasteiger partial charge in [0.05, 0.1) is 11.2 Å². The van der Waals surface area contributed by atoms with Crippen molar-refractivity contribution >= 4 is 24.5 Å². The number of esters is 1. The molecule has 140 valence electrons. The number of amides is 1. The van der Waals surface area contributed by atoms with Gasteiger partial charge in [-0.2, -0.15) is 0 Å². The Morgan fingerprint density at radius 1 is 1.12 bits per heavy atom. The molecule has 0 aromatic heterocycles. The van der Waals surface area contributed by atoms with Crippen LogP contribution in [0.1, 0.15) is 46.1 Å². The molecule has 7 heteroatoms. The van der Waals surface area contributed by atoms with Crippen molar-refractivity contribution in [3.8, 4) is 0 Å². The van der Waals surface area contributed by atoms with E-state index in [0.29, 0.717) is 19.0 Å². The zero-order valence-corrected chi connectivity index (χ0v) is 16.1. The van der Waals surface area contributed by atoms with E-state index >= 15 is 0 Å². The molecule has 2 heterocycles. The second-order valence-electron chi connectivity index (χ2n) is 8.03. The topological polar surface area (TPSA) is 65.1 Å². The van der Waals surface area contributed by atoms with E-state index < -0.39 is 5.97 Å². The molecule has 1 aromatic rings. The zero-order chi connectivity index (χ0) is 19.1. The van der Waals surface area contributed by atoms with Gasteiger partial charge in [0.15, 0.2) is 6.61 Å². The predicted octanol–water partition coefficient (Wildman–Crippen LogP) is 1.47. The number of nitrogens with zero attached hydrogens (tertiary/aromatic N) is 1. The molecule has 2 fully saturated rings. The van der Waals surface area contributed by atoms with Crippen LogP contribution in [0.15, 0.2) is 24.3 Å². The van der Waals surface area contributed by atoms with E-state index in [-0.39, 0.29) is 30.8 Å². The smallest absolute Gasteiger partial charge is 0.456 e. The molecule has 0 saturated carbocycles. The Hall–Kier alpha value is -1.86. The second kappa shape index (κ2) is 6.70. The Morgan fingerprint density at radius 3 is 2.15 bits per heavy atom. The van der Waals surface area contributed by atoms with Crippen LogP contribution >= 0.6 is 0 Å². The Labute approximate surface area is 154 Å². The predicted molar refractivity (Wildman–Crippen MR) is 98.1 cm³/mol. The summed E-state index contributed by atoms with van der Waals surface area (Å²) in [6.07, 6.45) is 0. The summed E-state index contributed by atoms with van der Waals surface area (Å²) in [5.74, 6) is -0.275. The first-order valence-corrected chi connectivity index (χ1v) is 8.96. The molecule has 1 amide bonds. The Kier molecular flexibility index (Phi) is 4.88. The van der Waals surface area contributed by atoms with E-state index in [1.165, 1.54) is 12.5 Å². The third-order valence-electron chi connectivity index (χ3n) is 5.57. The van der Waals surface area contributed by atoms with Crippen molar-refractivity contribution in [2.24, 2.45) is 0 Å². The number of carbonyl (C=O) groups excluding carboxylic acids is 2. The molecule has 0 atom stereocenters. The molecule has 1 aromatic carbocycles. The van der Waals surface area contributed by atoms with E-state index in [9.17, 15) is 9.59 Å². The fraction of sp³-hybridized carbons (Fsp3) is 0.579. The minimum atomic E-state index is -0.436. The van der Waals surface area contributed by atoms with Crippen molar-refractivity contribution < 1.29 is 23.6 Å². The van der Waals surface area contributed by atoms with Crippen LogP contribution in [0.3, 0.4) is 0 Å². The van der Waals surface area contributed by atoms with Crippen LogP contribution in [0, 0.1) is 0 Å². The van der Waals surface area contributed by atoms with Crippen LogP contribution in [-0.2, 0) is 23.6 Å². The monoisotopic (exact) mass is 359 g/mol. The number of likely N-dealkylation sites (tertiary alicyclic amines) is 1. The van der Waals surface area contributed by atoms with Crippen LogP contribution in [0.4, 0.5) is 0 Å². The summed E-state index contributed by atoms with van der Waals surface area (Å²) in [5.41, 5.74) is 1.47. The lowest BCUT2D eigenvalue weighted by molar-refractivity contribution is -0.152. The molecule has 26 heavy (non-hydrogen) atoms. The molecule has 0 aliphatic carbocycles. The highest BCUT2D eigenvalue weighted by molar-refractivity contribution is 6.62. The highest BCUT2D eigenvalue weighted by atomic mass is 16.7. The minimum absolute atomic E-state index is 0.148. The van der Waals surface area contributed by atoms with Crippen molar-refractivity contribution in [3.63, 3.8) is 0 Å². The first-order valence-electron chi connectivity index (χ1n) is 8.96. The highest BCUT2D eigenvalue weighted by Crippen LogP contribution is 2.36. The normalized spacial score (nSPS) is 21.4. The third kappa shape index (κ3) is 3.64. The molecule has 2 saturated heterocycles. The van der Waals surface area contributed by atoms with Crippen molar-refractivity contribution in [2.45, 2.75) is 51.7 Å². The number of ether oxygens (including phenoxy) is 1. The fourth-order valence-corrected chi connectivity index (χ4v) is 3.05. The largest absolute Gasteiger partial charge is 0.494 e. The van der Waals surface area contributed by atoms with E-state index in [1.54, 1.807) is 4.90 Å². The average Bonchev–Trinajstić information content (AvgIpc) is 2.72. The Balaban J connectivity index is 1.55. The average molecular weight is 359 g/mol. The molecular weight excluding hydrogens is 333 g/mol. The standard InChI is InChI=1S/C19H26BNO5/c1-13(22)24-12-17(23)21-10-15(11-21)14-6-8-16(9-7-14)20-25-18(2,3)19(4,5)26-20/h6-9,15H,10-12H2,1-5H3. The van der Waals surface area contributed by atoms with E-state index in [4.69, 9.17) is 14.0 Å². The molecule has 0 bridgehead atoms. The third-order valence-corrected chi connectivity index (χ3v) is 5.57. The van der Waals surface area contributed by atoms with Gasteiger partial charge in [-0.05, 0) is 38.7 Å². The van der Waals surface area contributed by atoms with Crippen LogP contribution in [0.5, 0.6) is 0 Å². The van der Waals surface area contributed by atoms with E-state index in [2.05, 4.69) is 12.1 Å². The van der Waals surface area contributed by atoms with Crippen LogP contribution in [0.25, 0.3) is 0 Å². The fourth-order valence-electron chi connectivity index (χ4n) is 3.05. The van der Waals surface area contributed by atoms with Crippen LogP contribution in [0.2, 0.25) is 0 Å². The quantitative estimate of drug-likeness (QED) is 0.602. The lowest BCUT2D eigenvalue weighted by Crippen LogP contribution is -2.50. The van der Waals surface area contributed by atoms with E-state index in [0.717, 1.165) is 5.46 Å². The SMILES string of the molecule is CC(=O)OCC(=O)N1CC(c2ccc(B3OC(C)(C)C(C)(C)O3)cc2)C1. The molecule has 3 rings (SSSR count).